The fourth-order valence-electron chi connectivity index (χ4n) is 1.35. The highest BCUT2D eigenvalue weighted by Crippen LogP contribution is 2.09. The van der Waals surface area contributed by atoms with Crippen LogP contribution in [0, 0.1) is 0 Å². The molecule has 0 radical (unpaired) electrons. The van der Waals surface area contributed by atoms with Crippen LogP contribution in [0.4, 0.5) is 0 Å². The van der Waals surface area contributed by atoms with Gasteiger partial charge in [-0.3, -0.25) is 9.59 Å². The van der Waals surface area contributed by atoms with Gasteiger partial charge in [0.1, 0.15) is 6.04 Å². The lowest BCUT2D eigenvalue weighted by molar-refractivity contribution is -0.138. The molecule has 8 nitrogen and oxygen atoms in total. The maximum atomic E-state index is 11.6. The molecule has 1 aliphatic rings. The largest absolute Gasteiger partial charge is 0.480 e. The van der Waals surface area contributed by atoms with Crippen molar-refractivity contribution in [3.63, 3.8) is 0 Å². The van der Waals surface area contributed by atoms with Crippen molar-refractivity contribution in [2.24, 2.45) is 0 Å². The molecule has 92 valence electrons. The molecule has 1 amide bonds. The van der Waals surface area contributed by atoms with Gasteiger partial charge in [-0.05, 0) is 6.92 Å². The molecule has 0 saturated carbocycles. The van der Waals surface area contributed by atoms with E-state index < -0.39 is 17.9 Å². The number of nitrogens with one attached hydrogen (secondary N) is 2. The molecule has 2 rings (SSSR count). The van der Waals surface area contributed by atoms with Crippen LogP contribution in [-0.2, 0) is 4.79 Å². The van der Waals surface area contributed by atoms with E-state index in [2.05, 4.69) is 20.9 Å². The van der Waals surface area contributed by atoms with Gasteiger partial charge in [0.05, 0.1) is 12.2 Å². The minimum Gasteiger partial charge on any atom is -0.480 e. The Hall–Kier alpha value is -1.96. The number of rotatable bonds is 4. The third kappa shape index (κ3) is 2.41. The lowest BCUT2D eigenvalue weighted by Gasteiger charge is -2.26. The second-order valence-corrected chi connectivity index (χ2v) is 3.93. The summed E-state index contributed by atoms with van der Waals surface area (Å²) in [7, 11) is 0. The highest BCUT2D eigenvalue weighted by Gasteiger charge is 2.22. The molecule has 3 N–H and O–H groups in total. The van der Waals surface area contributed by atoms with E-state index in [4.69, 9.17) is 5.11 Å². The van der Waals surface area contributed by atoms with Gasteiger partial charge in [-0.2, -0.15) is 0 Å². The molecule has 1 aromatic heterocycles. The van der Waals surface area contributed by atoms with Crippen LogP contribution in [0.3, 0.4) is 0 Å². The Labute approximate surface area is 97.0 Å². The minimum atomic E-state index is -1.09. The highest BCUT2D eigenvalue weighted by atomic mass is 16.4. The normalized spacial score (nSPS) is 17.2. The first-order valence-electron chi connectivity index (χ1n) is 5.24. The summed E-state index contributed by atoms with van der Waals surface area (Å²) in [5, 5.41) is 21.6. The van der Waals surface area contributed by atoms with Crippen molar-refractivity contribution in [1.29, 1.82) is 0 Å². The van der Waals surface area contributed by atoms with Crippen molar-refractivity contribution in [3.8, 4) is 0 Å². The first-order chi connectivity index (χ1) is 8.08. The van der Waals surface area contributed by atoms with E-state index in [9.17, 15) is 9.59 Å². The average Bonchev–Trinajstić information content (AvgIpc) is 2.63. The number of hydrogen-bond donors (Lipinski definition) is 3. The summed E-state index contributed by atoms with van der Waals surface area (Å²) in [6, 6.07) is -0.723. The fourth-order valence-corrected chi connectivity index (χ4v) is 1.35. The van der Waals surface area contributed by atoms with Crippen molar-refractivity contribution >= 4 is 11.9 Å². The van der Waals surface area contributed by atoms with E-state index in [0.717, 1.165) is 13.1 Å². The third-order valence-corrected chi connectivity index (χ3v) is 2.59. The van der Waals surface area contributed by atoms with Crippen LogP contribution in [0.15, 0.2) is 6.20 Å². The molecule has 8 heteroatoms. The van der Waals surface area contributed by atoms with Crippen LogP contribution in [0.2, 0.25) is 0 Å². The van der Waals surface area contributed by atoms with Gasteiger partial charge in [-0.15, -0.1) is 5.10 Å². The average molecular weight is 239 g/mol. The van der Waals surface area contributed by atoms with Crippen molar-refractivity contribution in [2.45, 2.75) is 19.0 Å². The third-order valence-electron chi connectivity index (χ3n) is 2.59. The van der Waals surface area contributed by atoms with E-state index in [-0.39, 0.29) is 11.7 Å². The van der Waals surface area contributed by atoms with E-state index in [1.807, 2.05) is 0 Å². The number of hydrogen-bond acceptors (Lipinski definition) is 5. The summed E-state index contributed by atoms with van der Waals surface area (Å²) in [5.74, 6) is -1.62. The van der Waals surface area contributed by atoms with Crippen molar-refractivity contribution < 1.29 is 14.7 Å². The molecule has 0 aromatic carbocycles. The summed E-state index contributed by atoms with van der Waals surface area (Å²) in [5.41, 5.74) is 0.130. The van der Waals surface area contributed by atoms with E-state index >= 15 is 0 Å². The number of aliphatic carboxylic acids is 1. The molecule has 0 bridgehead atoms. The molecule has 0 spiro atoms. The van der Waals surface area contributed by atoms with Gasteiger partial charge in [0.15, 0.2) is 5.69 Å². The number of carboxylic acid groups (broad SMARTS) is 1. The molecule has 17 heavy (non-hydrogen) atoms. The molecule has 0 aliphatic carbocycles. The predicted octanol–water partition coefficient (Wildman–Crippen LogP) is -1.37. The Morgan fingerprint density at radius 1 is 1.65 bits per heavy atom. The first kappa shape index (κ1) is 11.5. The van der Waals surface area contributed by atoms with Gasteiger partial charge in [0, 0.05) is 13.1 Å². The minimum absolute atomic E-state index is 0.130. The molecule has 1 fully saturated rings. The van der Waals surface area contributed by atoms with Crippen LogP contribution in [-0.4, -0.2) is 51.1 Å². The Kier molecular flexibility index (Phi) is 3.05. The highest BCUT2D eigenvalue weighted by molar-refractivity contribution is 5.94. The van der Waals surface area contributed by atoms with Gasteiger partial charge >= 0.3 is 5.97 Å². The molecule has 1 aliphatic heterocycles. The van der Waals surface area contributed by atoms with E-state index in [1.54, 1.807) is 4.68 Å². The lowest BCUT2D eigenvalue weighted by Crippen LogP contribution is -2.43. The smallest absolute Gasteiger partial charge is 0.325 e. The topological polar surface area (TPSA) is 109 Å². The first-order valence-corrected chi connectivity index (χ1v) is 5.24. The van der Waals surface area contributed by atoms with Gasteiger partial charge < -0.3 is 15.7 Å². The summed E-state index contributed by atoms with van der Waals surface area (Å²) in [4.78, 5) is 22.2. The Bertz CT molecular complexity index is 440. The predicted molar refractivity (Wildman–Crippen MR) is 56.5 cm³/mol. The molecular formula is C9H13N5O3. The fraction of sp³-hybridized carbons (Fsp3) is 0.556. The Morgan fingerprint density at radius 3 is 2.88 bits per heavy atom. The summed E-state index contributed by atoms with van der Waals surface area (Å²) in [6.45, 7) is 2.99. The maximum absolute atomic E-state index is 11.6. The number of carboxylic acids is 1. The van der Waals surface area contributed by atoms with Gasteiger partial charge in [-0.25, -0.2) is 4.68 Å². The van der Waals surface area contributed by atoms with Crippen LogP contribution >= 0.6 is 0 Å². The second-order valence-electron chi connectivity index (χ2n) is 3.93. The molecular weight excluding hydrogens is 226 g/mol. The summed E-state index contributed by atoms with van der Waals surface area (Å²) >= 11 is 0. The zero-order chi connectivity index (χ0) is 12.4. The van der Waals surface area contributed by atoms with Gasteiger partial charge in [0.25, 0.3) is 5.91 Å². The standard InChI is InChI=1S/C9H13N5O3/c1-5(9(16)17)11-8(15)7-4-14(13-12-7)6-2-10-3-6/h4-6,10H,2-3H2,1H3,(H,11,15)(H,16,17)/t5-/m0/s1. The zero-order valence-electron chi connectivity index (χ0n) is 9.25. The quantitative estimate of drug-likeness (QED) is 0.597. The van der Waals surface area contributed by atoms with E-state index in [1.165, 1.54) is 13.1 Å². The van der Waals surface area contributed by atoms with Gasteiger partial charge in [-0.1, -0.05) is 5.21 Å². The number of carbonyl (C=O) groups is 2. The maximum Gasteiger partial charge on any atom is 0.325 e. The van der Waals surface area contributed by atoms with Crippen molar-refractivity contribution in [3.05, 3.63) is 11.9 Å². The molecule has 1 aromatic rings. The van der Waals surface area contributed by atoms with Crippen LogP contribution in [0.25, 0.3) is 0 Å². The van der Waals surface area contributed by atoms with Gasteiger partial charge in [0.2, 0.25) is 0 Å². The molecule has 2 heterocycles. The Morgan fingerprint density at radius 2 is 2.35 bits per heavy atom. The zero-order valence-corrected chi connectivity index (χ0v) is 9.25. The second kappa shape index (κ2) is 4.50. The summed E-state index contributed by atoms with van der Waals surface area (Å²) in [6.07, 6.45) is 1.52. The number of amides is 1. The monoisotopic (exact) mass is 239 g/mol. The number of aromatic nitrogens is 3. The van der Waals surface area contributed by atoms with Crippen LogP contribution in [0.5, 0.6) is 0 Å². The number of nitrogens with zero attached hydrogens (tertiary/aromatic N) is 3. The van der Waals surface area contributed by atoms with E-state index in [0.29, 0.717) is 0 Å². The number of carbonyl (C=O) groups excluding carboxylic acids is 1. The lowest BCUT2D eigenvalue weighted by atomic mass is 10.2. The van der Waals surface area contributed by atoms with Crippen molar-refractivity contribution in [2.75, 3.05) is 13.1 Å². The molecule has 1 atom stereocenters. The van der Waals surface area contributed by atoms with Crippen LogP contribution in [0.1, 0.15) is 23.5 Å². The summed E-state index contributed by atoms with van der Waals surface area (Å²) < 4.78 is 1.61. The SMILES string of the molecule is C[C@H](NC(=O)c1cn(C2CNC2)nn1)C(=O)O. The van der Waals surface area contributed by atoms with Crippen molar-refractivity contribution in [1.82, 2.24) is 25.6 Å². The Balaban J connectivity index is 1.99. The van der Waals surface area contributed by atoms with Crippen LogP contribution < -0.4 is 10.6 Å². The molecule has 1 saturated heterocycles. The molecule has 0 unspecified atom stereocenters.